The molecule has 0 fully saturated rings. The summed E-state index contributed by atoms with van der Waals surface area (Å²) >= 11 is 11.8. The zero-order chi connectivity index (χ0) is 20.4. The highest BCUT2D eigenvalue weighted by Crippen LogP contribution is 2.30. The summed E-state index contributed by atoms with van der Waals surface area (Å²) in [6.07, 6.45) is 0.969. The van der Waals surface area contributed by atoms with E-state index in [9.17, 15) is 18.0 Å². The third kappa shape index (κ3) is 4.91. The van der Waals surface area contributed by atoms with Gasteiger partial charge in [-0.25, -0.2) is 8.42 Å². The summed E-state index contributed by atoms with van der Waals surface area (Å²) in [7, 11) is -3.83. The molecule has 7 nitrogen and oxygen atoms in total. The fourth-order valence-corrected chi connectivity index (χ4v) is 3.93. The molecule has 0 bridgehead atoms. The van der Waals surface area contributed by atoms with Crippen molar-refractivity contribution >= 4 is 56.4 Å². The molecule has 0 unspecified atom stereocenters. The van der Waals surface area contributed by atoms with Gasteiger partial charge < -0.3 is 11.1 Å². The maximum atomic E-state index is 12.7. The molecule has 0 aliphatic rings. The van der Waals surface area contributed by atoms with Crippen molar-refractivity contribution < 1.29 is 18.0 Å². The van der Waals surface area contributed by atoms with E-state index in [1.54, 1.807) is 12.1 Å². The van der Waals surface area contributed by atoms with E-state index < -0.39 is 27.9 Å². The van der Waals surface area contributed by atoms with Crippen LogP contribution in [0.5, 0.6) is 0 Å². The molecule has 0 heterocycles. The maximum Gasteiger partial charge on any atom is 0.250 e. The normalized spacial score (nSPS) is 12.3. The van der Waals surface area contributed by atoms with Crippen molar-refractivity contribution in [1.82, 2.24) is 0 Å². The lowest BCUT2D eigenvalue weighted by atomic mass is 10.1. The number of halogens is 2. The van der Waals surface area contributed by atoms with Crippen molar-refractivity contribution in [3.63, 3.8) is 0 Å². The largest absolute Gasteiger partial charge is 0.366 e. The number of nitrogens with one attached hydrogen (secondary N) is 1. The molecule has 0 saturated heterocycles. The van der Waals surface area contributed by atoms with Crippen LogP contribution < -0.4 is 15.4 Å². The van der Waals surface area contributed by atoms with Gasteiger partial charge >= 0.3 is 0 Å². The summed E-state index contributed by atoms with van der Waals surface area (Å²) in [5.41, 5.74) is 5.77. The Bertz CT molecular complexity index is 995. The standard InChI is InChI=1S/C17H17Cl2N3O4S/c1-10(17(24)21-15-6-4-3-5-12(15)16(20)23)22(27(2,25)26)11-7-8-13(18)14(19)9-11/h3-10H,1-2H3,(H2,20,23)(H,21,24)/t10-/m0/s1. The topological polar surface area (TPSA) is 110 Å². The molecular formula is C17H17Cl2N3O4S. The Morgan fingerprint density at radius 1 is 1.11 bits per heavy atom. The number of hydrogen-bond donors (Lipinski definition) is 2. The zero-order valence-electron chi connectivity index (χ0n) is 14.4. The quantitative estimate of drug-likeness (QED) is 0.734. The first-order valence-electron chi connectivity index (χ1n) is 7.66. The van der Waals surface area contributed by atoms with Gasteiger partial charge in [0, 0.05) is 0 Å². The molecule has 2 rings (SSSR count). The van der Waals surface area contributed by atoms with E-state index in [0.717, 1.165) is 10.6 Å². The lowest BCUT2D eigenvalue weighted by Gasteiger charge is -2.28. The zero-order valence-corrected chi connectivity index (χ0v) is 16.8. The van der Waals surface area contributed by atoms with E-state index in [1.165, 1.54) is 37.3 Å². The van der Waals surface area contributed by atoms with Gasteiger partial charge in [0.25, 0.3) is 5.91 Å². The van der Waals surface area contributed by atoms with Gasteiger partial charge in [0.15, 0.2) is 0 Å². The number of anilines is 2. The Kier molecular flexibility index (Phi) is 6.35. The number of primary amides is 1. The Balaban J connectivity index is 2.39. The van der Waals surface area contributed by atoms with Crippen LogP contribution in [0.25, 0.3) is 0 Å². The molecule has 0 spiro atoms. The smallest absolute Gasteiger partial charge is 0.250 e. The Labute approximate surface area is 167 Å². The summed E-state index contributed by atoms with van der Waals surface area (Å²) in [6, 6.07) is 9.24. The van der Waals surface area contributed by atoms with Gasteiger partial charge in [-0.3, -0.25) is 13.9 Å². The van der Waals surface area contributed by atoms with Crippen LogP contribution in [0.1, 0.15) is 17.3 Å². The second-order valence-corrected chi connectivity index (χ2v) is 8.41. The number of sulfonamides is 1. The third-order valence-electron chi connectivity index (χ3n) is 3.70. The monoisotopic (exact) mass is 429 g/mol. The van der Waals surface area contributed by atoms with E-state index in [1.807, 2.05) is 0 Å². The van der Waals surface area contributed by atoms with E-state index in [-0.39, 0.29) is 27.0 Å². The van der Waals surface area contributed by atoms with Crippen molar-refractivity contribution in [2.45, 2.75) is 13.0 Å². The second-order valence-electron chi connectivity index (χ2n) is 5.73. The molecule has 0 aromatic heterocycles. The van der Waals surface area contributed by atoms with Crippen LogP contribution >= 0.6 is 23.2 Å². The van der Waals surface area contributed by atoms with Crippen molar-refractivity contribution in [2.75, 3.05) is 15.9 Å². The highest BCUT2D eigenvalue weighted by molar-refractivity contribution is 7.92. The van der Waals surface area contributed by atoms with Crippen LogP contribution in [0.3, 0.4) is 0 Å². The SMILES string of the molecule is C[C@@H](C(=O)Nc1ccccc1C(N)=O)N(c1ccc(Cl)c(Cl)c1)S(C)(=O)=O. The lowest BCUT2D eigenvalue weighted by Crippen LogP contribution is -2.45. The number of hydrogen-bond acceptors (Lipinski definition) is 4. The summed E-state index contributed by atoms with van der Waals surface area (Å²) in [5.74, 6) is -1.37. The van der Waals surface area contributed by atoms with Crippen LogP contribution in [-0.4, -0.2) is 32.5 Å². The molecule has 10 heteroatoms. The average molecular weight is 430 g/mol. The number of nitrogens with zero attached hydrogens (tertiary/aromatic N) is 1. The van der Waals surface area contributed by atoms with E-state index >= 15 is 0 Å². The van der Waals surface area contributed by atoms with Crippen molar-refractivity contribution in [2.24, 2.45) is 5.73 Å². The number of amides is 2. The van der Waals surface area contributed by atoms with Crippen LogP contribution in [0.4, 0.5) is 11.4 Å². The number of carbonyl (C=O) groups excluding carboxylic acids is 2. The molecule has 0 aliphatic carbocycles. The fourth-order valence-electron chi connectivity index (χ4n) is 2.48. The third-order valence-corrected chi connectivity index (χ3v) is 5.68. The predicted octanol–water partition coefficient (Wildman–Crippen LogP) is 2.89. The van der Waals surface area contributed by atoms with E-state index in [2.05, 4.69) is 5.32 Å². The van der Waals surface area contributed by atoms with Gasteiger partial charge in [-0.2, -0.15) is 0 Å². The molecule has 0 radical (unpaired) electrons. The second kappa shape index (κ2) is 8.16. The minimum Gasteiger partial charge on any atom is -0.366 e. The van der Waals surface area contributed by atoms with Crippen molar-refractivity contribution in [1.29, 1.82) is 0 Å². The van der Waals surface area contributed by atoms with Gasteiger partial charge in [-0.1, -0.05) is 35.3 Å². The summed E-state index contributed by atoms with van der Waals surface area (Å²) in [4.78, 5) is 24.2. The fraction of sp³-hybridized carbons (Fsp3) is 0.176. The Hall–Kier alpha value is -2.29. The Morgan fingerprint density at radius 3 is 2.30 bits per heavy atom. The minimum atomic E-state index is -3.83. The van der Waals surface area contributed by atoms with Crippen molar-refractivity contribution in [3.05, 3.63) is 58.1 Å². The minimum absolute atomic E-state index is 0.110. The molecule has 0 saturated carbocycles. The van der Waals surface area contributed by atoms with Gasteiger partial charge in [-0.05, 0) is 37.3 Å². The number of nitrogens with two attached hydrogens (primary N) is 1. The first kappa shape index (κ1) is 21.0. The van der Waals surface area contributed by atoms with Gasteiger partial charge in [0.2, 0.25) is 15.9 Å². The predicted molar refractivity (Wildman–Crippen MR) is 107 cm³/mol. The highest BCUT2D eigenvalue weighted by Gasteiger charge is 2.30. The van der Waals surface area contributed by atoms with Crippen LogP contribution in [-0.2, 0) is 14.8 Å². The molecule has 1 atom stereocenters. The molecule has 2 aromatic rings. The van der Waals surface area contributed by atoms with Crippen molar-refractivity contribution in [3.8, 4) is 0 Å². The van der Waals surface area contributed by atoms with Gasteiger partial charge in [-0.15, -0.1) is 0 Å². The van der Waals surface area contributed by atoms with Gasteiger partial charge in [0.1, 0.15) is 6.04 Å². The Morgan fingerprint density at radius 2 is 1.74 bits per heavy atom. The molecule has 2 amide bonds. The first-order valence-corrected chi connectivity index (χ1v) is 10.3. The maximum absolute atomic E-state index is 12.7. The molecular weight excluding hydrogens is 413 g/mol. The summed E-state index contributed by atoms with van der Waals surface area (Å²) < 4.78 is 25.5. The number of para-hydroxylation sites is 1. The summed E-state index contributed by atoms with van der Waals surface area (Å²) in [6.45, 7) is 1.41. The van der Waals surface area contributed by atoms with Gasteiger partial charge in [0.05, 0.1) is 33.2 Å². The first-order chi connectivity index (χ1) is 12.5. The van der Waals surface area contributed by atoms with Crippen LogP contribution in [0.2, 0.25) is 10.0 Å². The van der Waals surface area contributed by atoms with E-state index in [4.69, 9.17) is 28.9 Å². The molecule has 144 valence electrons. The number of rotatable bonds is 6. The summed E-state index contributed by atoms with van der Waals surface area (Å²) in [5, 5.41) is 2.93. The van der Waals surface area contributed by atoms with Crippen LogP contribution in [0.15, 0.2) is 42.5 Å². The molecule has 27 heavy (non-hydrogen) atoms. The molecule has 0 aliphatic heterocycles. The number of carbonyl (C=O) groups is 2. The lowest BCUT2D eigenvalue weighted by molar-refractivity contribution is -0.116. The average Bonchev–Trinajstić information content (AvgIpc) is 2.57. The number of benzene rings is 2. The highest BCUT2D eigenvalue weighted by atomic mass is 35.5. The van der Waals surface area contributed by atoms with E-state index in [0.29, 0.717) is 0 Å². The van der Waals surface area contributed by atoms with Crippen LogP contribution in [0, 0.1) is 0 Å². The molecule has 3 N–H and O–H groups in total. The molecule has 2 aromatic carbocycles.